The third-order valence-corrected chi connectivity index (χ3v) is 3.49. The number of anilines is 1. The minimum absolute atomic E-state index is 0.287. The molecular weight excluding hydrogens is 238 g/mol. The number of benzene rings is 1. The van der Waals surface area contributed by atoms with E-state index in [1.807, 2.05) is 12.1 Å². The number of carbonyl (C=O) groups excluding carboxylic acids is 1. The number of ether oxygens (including phenoxy) is 1. The number of nitrogens with one attached hydrogen (secondary N) is 1. The molecule has 102 valence electrons. The van der Waals surface area contributed by atoms with Crippen LogP contribution >= 0.6 is 0 Å². The second-order valence-electron chi connectivity index (χ2n) is 4.86. The molecule has 0 amide bonds. The van der Waals surface area contributed by atoms with Gasteiger partial charge in [0.25, 0.3) is 0 Å². The fraction of sp³-hybridized carbons (Fsp3) is 0.438. The molecule has 1 aliphatic rings. The van der Waals surface area contributed by atoms with Gasteiger partial charge in [0.2, 0.25) is 0 Å². The van der Waals surface area contributed by atoms with E-state index in [1.54, 1.807) is 6.92 Å². The quantitative estimate of drug-likeness (QED) is 0.666. The number of fused-ring (bicyclic) bond motifs is 1. The van der Waals surface area contributed by atoms with Gasteiger partial charge in [0, 0.05) is 18.3 Å². The fourth-order valence-electron chi connectivity index (χ4n) is 2.34. The average molecular weight is 259 g/mol. The number of hydrogen-bond acceptors (Lipinski definition) is 3. The SMILES string of the molecule is CCOC(=O)C=Cc1ccc2c(c1)C[C@H](CC)CN2. The molecule has 0 unspecified atom stereocenters. The molecule has 0 aliphatic carbocycles. The van der Waals surface area contributed by atoms with Crippen molar-refractivity contribution in [1.29, 1.82) is 0 Å². The van der Waals surface area contributed by atoms with Gasteiger partial charge in [-0.1, -0.05) is 19.4 Å². The molecule has 1 atom stereocenters. The third kappa shape index (κ3) is 3.60. The van der Waals surface area contributed by atoms with E-state index < -0.39 is 0 Å². The first-order valence-electron chi connectivity index (χ1n) is 6.94. The Morgan fingerprint density at radius 1 is 1.47 bits per heavy atom. The summed E-state index contributed by atoms with van der Waals surface area (Å²) in [4.78, 5) is 11.3. The monoisotopic (exact) mass is 259 g/mol. The van der Waals surface area contributed by atoms with Crippen molar-refractivity contribution in [3.8, 4) is 0 Å². The summed E-state index contributed by atoms with van der Waals surface area (Å²) < 4.78 is 4.87. The lowest BCUT2D eigenvalue weighted by Gasteiger charge is -2.25. The highest BCUT2D eigenvalue weighted by Crippen LogP contribution is 2.27. The zero-order valence-corrected chi connectivity index (χ0v) is 11.6. The van der Waals surface area contributed by atoms with Crippen molar-refractivity contribution in [2.24, 2.45) is 5.92 Å². The van der Waals surface area contributed by atoms with Crippen LogP contribution in [0.25, 0.3) is 6.08 Å². The van der Waals surface area contributed by atoms with E-state index in [-0.39, 0.29) is 5.97 Å². The summed E-state index contributed by atoms with van der Waals surface area (Å²) in [6, 6.07) is 6.26. The molecule has 0 fully saturated rings. The van der Waals surface area contributed by atoms with Gasteiger partial charge in [-0.15, -0.1) is 0 Å². The normalized spacial score (nSPS) is 17.9. The van der Waals surface area contributed by atoms with Crippen molar-refractivity contribution in [2.45, 2.75) is 26.7 Å². The Balaban J connectivity index is 2.10. The molecule has 3 heteroatoms. The molecule has 2 rings (SSSR count). The van der Waals surface area contributed by atoms with Gasteiger partial charge in [0.15, 0.2) is 0 Å². The summed E-state index contributed by atoms with van der Waals surface area (Å²) >= 11 is 0. The maximum absolute atomic E-state index is 11.3. The van der Waals surface area contributed by atoms with Gasteiger partial charge in [0.1, 0.15) is 0 Å². The molecule has 1 aromatic carbocycles. The summed E-state index contributed by atoms with van der Waals surface area (Å²) in [5.74, 6) is 0.418. The van der Waals surface area contributed by atoms with Gasteiger partial charge in [-0.25, -0.2) is 4.79 Å². The molecule has 0 saturated heterocycles. The second-order valence-corrected chi connectivity index (χ2v) is 4.86. The van der Waals surface area contributed by atoms with E-state index in [4.69, 9.17) is 4.74 Å². The van der Waals surface area contributed by atoms with Crippen molar-refractivity contribution in [3.63, 3.8) is 0 Å². The number of hydrogen-bond donors (Lipinski definition) is 1. The third-order valence-electron chi connectivity index (χ3n) is 3.49. The minimum atomic E-state index is -0.287. The molecule has 0 spiro atoms. The van der Waals surface area contributed by atoms with Crippen LogP contribution in [-0.2, 0) is 16.0 Å². The lowest BCUT2D eigenvalue weighted by molar-refractivity contribution is -0.137. The van der Waals surface area contributed by atoms with Gasteiger partial charge in [0.05, 0.1) is 6.61 Å². The van der Waals surface area contributed by atoms with Crippen LogP contribution in [0.2, 0.25) is 0 Å². The largest absolute Gasteiger partial charge is 0.463 e. The molecule has 1 aliphatic heterocycles. The van der Waals surface area contributed by atoms with E-state index in [0.717, 1.165) is 18.5 Å². The Labute approximate surface area is 114 Å². The van der Waals surface area contributed by atoms with E-state index in [2.05, 4.69) is 24.4 Å². The highest BCUT2D eigenvalue weighted by atomic mass is 16.5. The molecule has 1 N–H and O–H groups in total. The predicted octanol–water partition coefficient (Wildman–Crippen LogP) is 3.26. The molecule has 0 aromatic heterocycles. The van der Waals surface area contributed by atoms with Crippen LogP contribution in [-0.4, -0.2) is 19.1 Å². The smallest absolute Gasteiger partial charge is 0.330 e. The van der Waals surface area contributed by atoms with Crippen LogP contribution in [0.3, 0.4) is 0 Å². The average Bonchev–Trinajstić information content (AvgIpc) is 2.44. The topological polar surface area (TPSA) is 38.3 Å². The van der Waals surface area contributed by atoms with Gasteiger partial charge < -0.3 is 10.1 Å². The first kappa shape index (κ1) is 13.7. The molecular formula is C16H21NO2. The highest BCUT2D eigenvalue weighted by molar-refractivity contribution is 5.87. The summed E-state index contributed by atoms with van der Waals surface area (Å²) in [5, 5.41) is 3.46. The summed E-state index contributed by atoms with van der Waals surface area (Å²) in [6.45, 7) is 5.50. The van der Waals surface area contributed by atoms with Crippen LogP contribution in [0.15, 0.2) is 24.3 Å². The van der Waals surface area contributed by atoms with Crippen LogP contribution in [0.5, 0.6) is 0 Å². The first-order valence-corrected chi connectivity index (χ1v) is 6.94. The van der Waals surface area contributed by atoms with Crippen LogP contribution < -0.4 is 5.32 Å². The molecule has 19 heavy (non-hydrogen) atoms. The zero-order valence-electron chi connectivity index (χ0n) is 11.6. The lowest BCUT2D eigenvalue weighted by atomic mass is 9.91. The van der Waals surface area contributed by atoms with E-state index >= 15 is 0 Å². The van der Waals surface area contributed by atoms with Gasteiger partial charge >= 0.3 is 5.97 Å². The second kappa shape index (κ2) is 6.41. The molecule has 0 saturated carbocycles. The summed E-state index contributed by atoms with van der Waals surface area (Å²) in [6.07, 6.45) is 5.60. The van der Waals surface area contributed by atoms with Crippen molar-refractivity contribution < 1.29 is 9.53 Å². The maximum Gasteiger partial charge on any atom is 0.330 e. The van der Waals surface area contributed by atoms with Crippen LogP contribution in [0.1, 0.15) is 31.4 Å². The van der Waals surface area contributed by atoms with Gasteiger partial charge in [-0.2, -0.15) is 0 Å². The standard InChI is InChI=1S/C16H21NO2/c1-3-12-9-14-10-13(5-7-15(14)17-11-12)6-8-16(18)19-4-2/h5-8,10,12,17H,3-4,9,11H2,1-2H3/t12-/m0/s1. The van der Waals surface area contributed by atoms with Crippen molar-refractivity contribution >= 4 is 17.7 Å². The van der Waals surface area contributed by atoms with Crippen molar-refractivity contribution in [1.82, 2.24) is 0 Å². The molecule has 3 nitrogen and oxygen atoms in total. The summed E-state index contributed by atoms with van der Waals surface area (Å²) in [7, 11) is 0. The molecule has 1 heterocycles. The fourth-order valence-corrected chi connectivity index (χ4v) is 2.34. The molecule has 0 bridgehead atoms. The Bertz CT molecular complexity index is 480. The number of carbonyl (C=O) groups is 1. The Kier molecular flexibility index (Phi) is 4.61. The minimum Gasteiger partial charge on any atom is -0.463 e. The van der Waals surface area contributed by atoms with Crippen LogP contribution in [0.4, 0.5) is 5.69 Å². The van der Waals surface area contributed by atoms with Crippen molar-refractivity contribution in [3.05, 3.63) is 35.4 Å². The zero-order chi connectivity index (χ0) is 13.7. The van der Waals surface area contributed by atoms with Crippen LogP contribution in [0, 0.1) is 5.92 Å². The molecule has 0 radical (unpaired) electrons. The Hall–Kier alpha value is -1.77. The number of esters is 1. The Morgan fingerprint density at radius 2 is 2.32 bits per heavy atom. The van der Waals surface area contributed by atoms with Gasteiger partial charge in [-0.05, 0) is 48.6 Å². The lowest BCUT2D eigenvalue weighted by Crippen LogP contribution is -2.22. The Morgan fingerprint density at radius 3 is 3.05 bits per heavy atom. The molecule has 1 aromatic rings. The van der Waals surface area contributed by atoms with E-state index in [0.29, 0.717) is 12.5 Å². The van der Waals surface area contributed by atoms with Gasteiger partial charge in [-0.3, -0.25) is 0 Å². The maximum atomic E-state index is 11.3. The first-order chi connectivity index (χ1) is 9.22. The van der Waals surface area contributed by atoms with Crippen molar-refractivity contribution in [2.75, 3.05) is 18.5 Å². The van der Waals surface area contributed by atoms with E-state index in [9.17, 15) is 4.79 Å². The number of rotatable bonds is 4. The summed E-state index contributed by atoms with van der Waals surface area (Å²) in [5.41, 5.74) is 3.60. The predicted molar refractivity (Wildman–Crippen MR) is 78.1 cm³/mol. The highest BCUT2D eigenvalue weighted by Gasteiger charge is 2.16. The van der Waals surface area contributed by atoms with E-state index in [1.165, 1.54) is 23.7 Å².